The van der Waals surface area contributed by atoms with Gasteiger partial charge in [0, 0.05) is 24.2 Å². The summed E-state index contributed by atoms with van der Waals surface area (Å²) in [5, 5.41) is 5.25. The molecule has 0 aliphatic rings. The molecule has 0 atom stereocenters. The van der Waals surface area contributed by atoms with E-state index in [0.29, 0.717) is 17.7 Å². The maximum atomic E-state index is 11.9. The van der Waals surface area contributed by atoms with Crippen molar-refractivity contribution in [1.82, 2.24) is 10.6 Å². The summed E-state index contributed by atoms with van der Waals surface area (Å²) in [6.45, 7) is 5.94. The summed E-state index contributed by atoms with van der Waals surface area (Å²) in [7, 11) is 0. The number of amides is 2. The number of hydrogen-bond donors (Lipinski definition) is 2. The molecule has 1 aromatic carbocycles. The molecular formula is C16H20N2O3. The zero-order chi connectivity index (χ0) is 15.9. The van der Waals surface area contributed by atoms with Crippen molar-refractivity contribution in [2.45, 2.75) is 26.4 Å². The Balaban J connectivity index is 2.34. The van der Waals surface area contributed by atoms with Gasteiger partial charge in [0.05, 0.1) is 0 Å². The predicted octanol–water partition coefficient (Wildman–Crippen LogP) is 1.92. The lowest BCUT2D eigenvalue weighted by Gasteiger charge is -2.19. The first-order valence-corrected chi connectivity index (χ1v) is 6.63. The van der Waals surface area contributed by atoms with Gasteiger partial charge in [-0.1, -0.05) is 12.0 Å². The van der Waals surface area contributed by atoms with Crippen molar-refractivity contribution < 1.29 is 14.3 Å². The second-order valence-corrected chi connectivity index (χ2v) is 5.41. The molecule has 0 saturated heterocycles. The van der Waals surface area contributed by atoms with Crippen LogP contribution in [-0.2, 0) is 4.74 Å². The Bertz CT molecular complexity index is 553. The highest BCUT2D eigenvalue weighted by molar-refractivity contribution is 5.94. The molecule has 112 valence electrons. The highest BCUT2D eigenvalue weighted by Crippen LogP contribution is 2.06. The van der Waals surface area contributed by atoms with Gasteiger partial charge in [-0.3, -0.25) is 4.79 Å². The Kier molecular flexibility index (Phi) is 5.79. The molecule has 0 spiro atoms. The van der Waals surface area contributed by atoms with Crippen LogP contribution in [0.1, 0.15) is 36.7 Å². The molecule has 0 bridgehead atoms. The molecule has 0 heterocycles. The van der Waals surface area contributed by atoms with Crippen LogP contribution < -0.4 is 10.6 Å². The molecule has 5 nitrogen and oxygen atoms in total. The standard InChI is InChI=1S/C16H20N2O3/c1-5-12-7-6-8-13(11-12)14(19)17-9-10-18-15(20)21-16(2,3)4/h1,6-8,11H,9-10H2,2-4H3,(H,17,19)(H,18,20). The van der Waals surface area contributed by atoms with E-state index in [0.717, 1.165) is 0 Å². The van der Waals surface area contributed by atoms with Gasteiger partial charge in [0.2, 0.25) is 0 Å². The summed E-state index contributed by atoms with van der Waals surface area (Å²) in [5.41, 5.74) is 0.598. The molecule has 21 heavy (non-hydrogen) atoms. The quantitative estimate of drug-likeness (QED) is 0.657. The zero-order valence-electron chi connectivity index (χ0n) is 12.5. The molecule has 0 aliphatic carbocycles. The number of alkyl carbamates (subject to hydrolysis) is 1. The topological polar surface area (TPSA) is 67.4 Å². The van der Waals surface area contributed by atoms with E-state index < -0.39 is 11.7 Å². The van der Waals surface area contributed by atoms with Crippen molar-refractivity contribution in [2.75, 3.05) is 13.1 Å². The Morgan fingerprint density at radius 2 is 1.90 bits per heavy atom. The number of terminal acetylenes is 1. The van der Waals surface area contributed by atoms with E-state index in [9.17, 15) is 9.59 Å². The van der Waals surface area contributed by atoms with Crippen LogP contribution in [0.3, 0.4) is 0 Å². The third kappa shape index (κ3) is 6.48. The highest BCUT2D eigenvalue weighted by atomic mass is 16.6. The molecule has 1 aromatic rings. The van der Waals surface area contributed by atoms with Crippen LogP contribution in [0.5, 0.6) is 0 Å². The molecule has 0 aliphatic heterocycles. The largest absolute Gasteiger partial charge is 0.444 e. The fraction of sp³-hybridized carbons (Fsp3) is 0.375. The van der Waals surface area contributed by atoms with Crippen LogP contribution in [0.2, 0.25) is 0 Å². The molecule has 0 unspecified atom stereocenters. The van der Waals surface area contributed by atoms with E-state index in [4.69, 9.17) is 11.2 Å². The van der Waals surface area contributed by atoms with Crippen molar-refractivity contribution >= 4 is 12.0 Å². The van der Waals surface area contributed by atoms with Crippen LogP contribution in [0.25, 0.3) is 0 Å². The first-order chi connectivity index (χ1) is 9.81. The minimum absolute atomic E-state index is 0.238. The average Bonchev–Trinajstić information content (AvgIpc) is 2.41. The Hall–Kier alpha value is -2.48. The normalized spacial score (nSPS) is 10.4. The summed E-state index contributed by atoms with van der Waals surface area (Å²) in [4.78, 5) is 23.3. The molecule has 0 fully saturated rings. The van der Waals surface area contributed by atoms with Gasteiger partial charge in [-0.15, -0.1) is 6.42 Å². The fourth-order valence-corrected chi connectivity index (χ4v) is 1.51. The molecule has 0 aromatic heterocycles. The monoisotopic (exact) mass is 288 g/mol. The van der Waals surface area contributed by atoms with E-state index in [2.05, 4.69) is 16.6 Å². The number of ether oxygens (including phenoxy) is 1. The lowest BCUT2D eigenvalue weighted by Crippen LogP contribution is -2.37. The summed E-state index contributed by atoms with van der Waals surface area (Å²) in [6.07, 6.45) is 4.77. The second kappa shape index (κ2) is 7.34. The van der Waals surface area contributed by atoms with E-state index >= 15 is 0 Å². The van der Waals surface area contributed by atoms with E-state index in [1.807, 2.05) is 0 Å². The van der Waals surface area contributed by atoms with Crippen LogP contribution in [0, 0.1) is 12.3 Å². The SMILES string of the molecule is C#Cc1cccc(C(=O)NCCNC(=O)OC(C)(C)C)c1. The number of rotatable bonds is 4. The van der Waals surface area contributed by atoms with E-state index in [1.54, 1.807) is 45.0 Å². The maximum absolute atomic E-state index is 11.9. The van der Waals surface area contributed by atoms with Crippen LogP contribution >= 0.6 is 0 Å². The number of nitrogens with one attached hydrogen (secondary N) is 2. The maximum Gasteiger partial charge on any atom is 0.407 e. The van der Waals surface area contributed by atoms with Crippen molar-refractivity contribution in [3.8, 4) is 12.3 Å². The fourth-order valence-electron chi connectivity index (χ4n) is 1.51. The number of carbonyl (C=O) groups is 2. The smallest absolute Gasteiger partial charge is 0.407 e. The molecule has 5 heteroatoms. The molecule has 2 amide bonds. The Labute approximate surface area is 125 Å². The van der Waals surface area contributed by atoms with Gasteiger partial charge in [-0.25, -0.2) is 4.79 Å². The van der Waals surface area contributed by atoms with Crippen LogP contribution in [0.4, 0.5) is 4.79 Å². The van der Waals surface area contributed by atoms with Gasteiger partial charge in [-0.2, -0.15) is 0 Å². The van der Waals surface area contributed by atoms with Crippen LogP contribution in [-0.4, -0.2) is 30.7 Å². The minimum atomic E-state index is -0.539. The number of carbonyl (C=O) groups excluding carboxylic acids is 2. The average molecular weight is 288 g/mol. The van der Waals surface area contributed by atoms with Crippen molar-refractivity contribution in [2.24, 2.45) is 0 Å². The van der Waals surface area contributed by atoms with Gasteiger partial charge in [-0.05, 0) is 39.0 Å². The second-order valence-electron chi connectivity index (χ2n) is 5.41. The lowest BCUT2D eigenvalue weighted by atomic mass is 10.1. The predicted molar refractivity (Wildman–Crippen MR) is 80.9 cm³/mol. The molecule has 1 rings (SSSR count). The first-order valence-electron chi connectivity index (χ1n) is 6.63. The Morgan fingerprint density at radius 3 is 2.52 bits per heavy atom. The third-order valence-electron chi connectivity index (χ3n) is 2.37. The Morgan fingerprint density at radius 1 is 1.24 bits per heavy atom. The summed E-state index contributed by atoms with van der Waals surface area (Å²) in [6, 6.07) is 6.79. The lowest BCUT2D eigenvalue weighted by molar-refractivity contribution is 0.0526. The summed E-state index contributed by atoms with van der Waals surface area (Å²) >= 11 is 0. The zero-order valence-corrected chi connectivity index (χ0v) is 12.5. The summed E-state index contributed by atoms with van der Waals surface area (Å²) in [5.74, 6) is 2.23. The van der Waals surface area contributed by atoms with Gasteiger partial charge < -0.3 is 15.4 Å². The van der Waals surface area contributed by atoms with Crippen molar-refractivity contribution in [3.63, 3.8) is 0 Å². The van der Waals surface area contributed by atoms with Gasteiger partial charge in [0.1, 0.15) is 5.60 Å². The van der Waals surface area contributed by atoms with Gasteiger partial charge in [0.15, 0.2) is 0 Å². The minimum Gasteiger partial charge on any atom is -0.444 e. The molecular weight excluding hydrogens is 268 g/mol. The molecule has 0 radical (unpaired) electrons. The van der Waals surface area contributed by atoms with Crippen molar-refractivity contribution in [3.05, 3.63) is 35.4 Å². The first kappa shape index (κ1) is 16.6. The molecule has 2 N–H and O–H groups in total. The van der Waals surface area contributed by atoms with E-state index in [-0.39, 0.29) is 12.5 Å². The van der Waals surface area contributed by atoms with Crippen LogP contribution in [0.15, 0.2) is 24.3 Å². The molecule has 0 saturated carbocycles. The third-order valence-corrected chi connectivity index (χ3v) is 2.37. The van der Waals surface area contributed by atoms with Gasteiger partial charge >= 0.3 is 6.09 Å². The summed E-state index contributed by atoms with van der Waals surface area (Å²) < 4.78 is 5.07. The van der Waals surface area contributed by atoms with E-state index in [1.165, 1.54) is 0 Å². The number of hydrogen-bond acceptors (Lipinski definition) is 3. The van der Waals surface area contributed by atoms with Crippen molar-refractivity contribution in [1.29, 1.82) is 0 Å². The highest BCUT2D eigenvalue weighted by Gasteiger charge is 2.15. The van der Waals surface area contributed by atoms with Gasteiger partial charge in [0.25, 0.3) is 5.91 Å². The number of benzene rings is 1.